The molecule has 0 unspecified atom stereocenters. The number of fused-ring (bicyclic) bond motifs is 1. The molecule has 0 bridgehead atoms. The normalized spacial score (nSPS) is 15.9. The molecule has 1 aliphatic rings. The van der Waals surface area contributed by atoms with Gasteiger partial charge in [-0.25, -0.2) is 0 Å². The van der Waals surface area contributed by atoms with Crippen molar-refractivity contribution in [2.45, 2.75) is 31.0 Å². The van der Waals surface area contributed by atoms with Crippen LogP contribution in [0.5, 0.6) is 0 Å². The van der Waals surface area contributed by atoms with Gasteiger partial charge in [0.1, 0.15) is 0 Å². The lowest BCUT2D eigenvalue weighted by molar-refractivity contribution is -0.137. The standard InChI is InChI=1S/C29H27F3N2O/c30-29(31,32)27-15-21(14-24(17-27)23-7-6-22-8-11-34-18-25(22)16-23)19-35-20-28(9-12-33-13-10-28)26-4-2-1-3-5-26/h1-8,11,14-18,33H,9-10,12-13,19-20H2. The van der Waals surface area contributed by atoms with Crippen LogP contribution in [0.3, 0.4) is 0 Å². The number of hydrogen-bond donors (Lipinski definition) is 1. The lowest BCUT2D eigenvalue weighted by Gasteiger charge is -2.38. The van der Waals surface area contributed by atoms with Crippen molar-refractivity contribution in [2.24, 2.45) is 0 Å². The first-order chi connectivity index (χ1) is 16.9. The van der Waals surface area contributed by atoms with Gasteiger partial charge in [0.25, 0.3) is 0 Å². The average Bonchev–Trinajstić information content (AvgIpc) is 2.89. The summed E-state index contributed by atoms with van der Waals surface area (Å²) in [5.41, 5.74) is 2.16. The van der Waals surface area contributed by atoms with E-state index in [4.69, 9.17) is 4.74 Å². The molecular formula is C29H27F3N2O. The van der Waals surface area contributed by atoms with Crippen LogP contribution in [-0.2, 0) is 22.9 Å². The molecule has 0 amide bonds. The fraction of sp³-hybridized carbons (Fsp3) is 0.276. The van der Waals surface area contributed by atoms with Gasteiger partial charge in [-0.05, 0) is 83.9 Å². The first-order valence-electron chi connectivity index (χ1n) is 11.8. The van der Waals surface area contributed by atoms with Crippen LogP contribution in [0.2, 0.25) is 0 Å². The number of halogens is 3. The van der Waals surface area contributed by atoms with Gasteiger partial charge in [0.15, 0.2) is 0 Å². The first kappa shape index (κ1) is 23.5. The Labute approximate surface area is 203 Å². The minimum atomic E-state index is -4.44. The van der Waals surface area contributed by atoms with Crippen LogP contribution >= 0.6 is 0 Å². The minimum absolute atomic E-state index is 0.119. The van der Waals surface area contributed by atoms with Gasteiger partial charge in [0.05, 0.1) is 18.8 Å². The molecule has 35 heavy (non-hydrogen) atoms. The Morgan fingerprint density at radius 1 is 0.857 bits per heavy atom. The number of ether oxygens (including phenoxy) is 1. The number of nitrogens with zero attached hydrogens (tertiary/aromatic N) is 1. The van der Waals surface area contributed by atoms with Gasteiger partial charge in [0, 0.05) is 23.2 Å². The zero-order valence-electron chi connectivity index (χ0n) is 19.3. The van der Waals surface area contributed by atoms with Crippen LogP contribution in [-0.4, -0.2) is 24.7 Å². The number of aromatic nitrogens is 1. The molecule has 1 aliphatic heterocycles. The van der Waals surface area contributed by atoms with Crippen LogP contribution in [0.15, 0.2) is 85.2 Å². The molecule has 4 aromatic rings. The summed E-state index contributed by atoms with van der Waals surface area (Å²) in [5, 5.41) is 5.27. The highest BCUT2D eigenvalue weighted by molar-refractivity contribution is 5.86. The number of piperidine rings is 1. The van der Waals surface area contributed by atoms with Crippen molar-refractivity contribution in [3.05, 3.63) is 102 Å². The molecule has 1 aromatic heterocycles. The molecule has 0 aliphatic carbocycles. The van der Waals surface area contributed by atoms with E-state index in [0.29, 0.717) is 17.7 Å². The predicted octanol–water partition coefficient (Wildman–Crippen LogP) is 6.76. The molecule has 3 nitrogen and oxygen atoms in total. The molecule has 6 heteroatoms. The summed E-state index contributed by atoms with van der Waals surface area (Å²) >= 11 is 0. The average molecular weight is 477 g/mol. The molecule has 0 spiro atoms. The highest BCUT2D eigenvalue weighted by Gasteiger charge is 2.34. The first-order valence-corrected chi connectivity index (χ1v) is 11.8. The van der Waals surface area contributed by atoms with E-state index in [2.05, 4.69) is 22.4 Å². The van der Waals surface area contributed by atoms with Gasteiger partial charge in [-0.15, -0.1) is 0 Å². The number of rotatable bonds is 6. The van der Waals surface area contributed by atoms with E-state index in [1.54, 1.807) is 18.5 Å². The topological polar surface area (TPSA) is 34.1 Å². The van der Waals surface area contributed by atoms with Gasteiger partial charge < -0.3 is 10.1 Å². The van der Waals surface area contributed by atoms with Crippen LogP contribution in [0.4, 0.5) is 13.2 Å². The molecule has 2 heterocycles. The van der Waals surface area contributed by atoms with Gasteiger partial charge in [-0.1, -0.05) is 42.5 Å². The van der Waals surface area contributed by atoms with Gasteiger partial charge in [0.2, 0.25) is 0 Å². The van der Waals surface area contributed by atoms with E-state index in [9.17, 15) is 13.2 Å². The van der Waals surface area contributed by atoms with Crippen LogP contribution in [0, 0.1) is 0 Å². The Kier molecular flexibility index (Phi) is 6.58. The second-order valence-corrected chi connectivity index (χ2v) is 9.24. The van der Waals surface area contributed by atoms with Crippen molar-refractivity contribution < 1.29 is 17.9 Å². The summed E-state index contributed by atoms with van der Waals surface area (Å²) in [6.07, 6.45) is 0.834. The van der Waals surface area contributed by atoms with Gasteiger partial charge in [-0.3, -0.25) is 4.98 Å². The van der Waals surface area contributed by atoms with E-state index in [0.717, 1.165) is 42.3 Å². The number of pyridine rings is 1. The van der Waals surface area contributed by atoms with Crippen molar-refractivity contribution in [3.8, 4) is 11.1 Å². The van der Waals surface area contributed by atoms with Crippen molar-refractivity contribution in [1.29, 1.82) is 0 Å². The molecule has 180 valence electrons. The maximum Gasteiger partial charge on any atom is 0.416 e. The molecule has 0 saturated carbocycles. The lowest BCUT2D eigenvalue weighted by atomic mass is 9.74. The summed E-state index contributed by atoms with van der Waals surface area (Å²) in [7, 11) is 0. The minimum Gasteiger partial charge on any atom is -0.376 e. The summed E-state index contributed by atoms with van der Waals surface area (Å²) < 4.78 is 47.4. The highest BCUT2D eigenvalue weighted by Crippen LogP contribution is 2.36. The molecule has 1 N–H and O–H groups in total. The second kappa shape index (κ2) is 9.80. The quantitative estimate of drug-likeness (QED) is 0.334. The Morgan fingerprint density at radius 2 is 1.66 bits per heavy atom. The van der Waals surface area contributed by atoms with Crippen LogP contribution < -0.4 is 5.32 Å². The highest BCUT2D eigenvalue weighted by atomic mass is 19.4. The van der Waals surface area contributed by atoms with E-state index in [1.807, 2.05) is 42.5 Å². The maximum atomic E-state index is 13.8. The summed E-state index contributed by atoms with van der Waals surface area (Å²) in [6.45, 7) is 2.37. The molecule has 0 radical (unpaired) electrons. The number of benzene rings is 3. The largest absolute Gasteiger partial charge is 0.416 e. The molecular weight excluding hydrogens is 449 g/mol. The number of nitrogens with one attached hydrogen (secondary N) is 1. The smallest absolute Gasteiger partial charge is 0.376 e. The van der Waals surface area contributed by atoms with E-state index >= 15 is 0 Å². The Morgan fingerprint density at radius 3 is 2.43 bits per heavy atom. The monoisotopic (exact) mass is 476 g/mol. The van der Waals surface area contributed by atoms with Gasteiger partial charge in [-0.2, -0.15) is 13.2 Å². The predicted molar refractivity (Wildman–Crippen MR) is 132 cm³/mol. The zero-order valence-corrected chi connectivity index (χ0v) is 19.3. The third-order valence-electron chi connectivity index (χ3n) is 6.89. The van der Waals surface area contributed by atoms with E-state index in [-0.39, 0.29) is 12.0 Å². The number of alkyl halides is 3. The summed E-state index contributed by atoms with van der Waals surface area (Å²) in [4.78, 5) is 4.13. The molecule has 3 aromatic carbocycles. The van der Waals surface area contributed by atoms with Crippen molar-refractivity contribution >= 4 is 10.8 Å². The van der Waals surface area contributed by atoms with Crippen molar-refractivity contribution in [1.82, 2.24) is 10.3 Å². The molecule has 5 rings (SSSR count). The molecule has 1 saturated heterocycles. The lowest BCUT2D eigenvalue weighted by Crippen LogP contribution is -2.43. The van der Waals surface area contributed by atoms with Gasteiger partial charge >= 0.3 is 6.18 Å². The SMILES string of the molecule is FC(F)(F)c1cc(COCC2(c3ccccc3)CCNCC2)cc(-c2ccc3ccncc3c2)c1. The fourth-order valence-corrected chi connectivity index (χ4v) is 4.95. The Bertz CT molecular complexity index is 1300. The maximum absolute atomic E-state index is 13.8. The van der Waals surface area contributed by atoms with E-state index < -0.39 is 11.7 Å². The van der Waals surface area contributed by atoms with Crippen molar-refractivity contribution in [3.63, 3.8) is 0 Å². The third-order valence-corrected chi connectivity index (χ3v) is 6.89. The van der Waals surface area contributed by atoms with E-state index in [1.165, 1.54) is 17.7 Å². The molecule has 1 fully saturated rings. The Hall–Kier alpha value is -3.22. The number of hydrogen-bond acceptors (Lipinski definition) is 3. The molecule has 0 atom stereocenters. The zero-order chi connectivity index (χ0) is 24.3. The van der Waals surface area contributed by atoms with Crippen molar-refractivity contribution in [2.75, 3.05) is 19.7 Å². The summed E-state index contributed by atoms with van der Waals surface area (Å²) in [6, 6.07) is 22.0. The fourth-order valence-electron chi connectivity index (χ4n) is 4.95. The van der Waals surface area contributed by atoms with Crippen LogP contribution in [0.25, 0.3) is 21.9 Å². The Balaban J connectivity index is 1.42. The summed E-state index contributed by atoms with van der Waals surface area (Å²) in [5.74, 6) is 0. The van der Waals surface area contributed by atoms with Crippen LogP contribution in [0.1, 0.15) is 29.5 Å². The second-order valence-electron chi connectivity index (χ2n) is 9.24. The third kappa shape index (κ3) is 5.24.